The van der Waals surface area contributed by atoms with E-state index in [2.05, 4.69) is 10.0 Å². The van der Waals surface area contributed by atoms with Gasteiger partial charge in [0.2, 0.25) is 10.0 Å². The van der Waals surface area contributed by atoms with Gasteiger partial charge < -0.3 is 10.1 Å². The molecule has 1 unspecified atom stereocenters. The molecule has 2 aromatic rings. The molecule has 0 bridgehead atoms. The Kier molecular flexibility index (Phi) is 7.07. The minimum atomic E-state index is -3.61. The Hall–Kier alpha value is -2.98. The predicted octanol–water partition coefficient (Wildman–Crippen LogP) is 2.69. The smallest absolute Gasteiger partial charge is 0.271 e. The maximum absolute atomic E-state index is 12.2. The van der Waals surface area contributed by atoms with Gasteiger partial charge in [0.05, 0.1) is 9.82 Å². The van der Waals surface area contributed by atoms with Crippen LogP contribution in [0.25, 0.3) is 0 Å². The normalized spacial score (nSPS) is 12.2. The molecule has 150 valence electrons. The zero-order chi connectivity index (χ0) is 20.7. The van der Waals surface area contributed by atoms with Crippen molar-refractivity contribution < 1.29 is 22.9 Å². The number of hydrogen-bond donors (Lipinski definition) is 2. The number of hydrogen-bond acceptors (Lipinski definition) is 6. The van der Waals surface area contributed by atoms with E-state index in [1.165, 1.54) is 48.5 Å². The molecular weight excluding hydrogens is 386 g/mol. The molecule has 10 heteroatoms. The van der Waals surface area contributed by atoms with Gasteiger partial charge in [0, 0.05) is 23.9 Å². The Balaban J connectivity index is 1.93. The second-order valence-corrected chi connectivity index (χ2v) is 7.76. The van der Waals surface area contributed by atoms with Gasteiger partial charge in [-0.05, 0) is 43.7 Å². The lowest BCUT2D eigenvalue weighted by Crippen LogP contribution is -2.31. The minimum absolute atomic E-state index is 0.0983. The van der Waals surface area contributed by atoms with Gasteiger partial charge in [0.1, 0.15) is 5.75 Å². The average molecular weight is 407 g/mol. The molecule has 0 radical (unpaired) electrons. The van der Waals surface area contributed by atoms with Crippen LogP contribution in [0.5, 0.6) is 5.75 Å². The second-order valence-electron chi connectivity index (χ2n) is 6.05. The van der Waals surface area contributed by atoms with Crippen LogP contribution in [-0.4, -0.2) is 31.9 Å². The highest BCUT2D eigenvalue weighted by Gasteiger charge is 2.16. The quantitative estimate of drug-likeness (QED) is 0.486. The van der Waals surface area contributed by atoms with Crippen LogP contribution in [0.1, 0.15) is 20.3 Å². The molecule has 0 saturated carbocycles. The summed E-state index contributed by atoms with van der Waals surface area (Å²) in [5.74, 6) is -0.188. The molecule has 2 rings (SSSR count). The Morgan fingerprint density at radius 1 is 1.21 bits per heavy atom. The van der Waals surface area contributed by atoms with Gasteiger partial charge in [-0.2, -0.15) is 0 Å². The maximum atomic E-state index is 12.2. The summed E-state index contributed by atoms with van der Waals surface area (Å²) in [6.45, 7) is 3.32. The van der Waals surface area contributed by atoms with Gasteiger partial charge >= 0.3 is 0 Å². The largest absolute Gasteiger partial charge is 0.484 e. The van der Waals surface area contributed by atoms with Crippen molar-refractivity contribution in [3.63, 3.8) is 0 Å². The number of anilines is 1. The number of sulfonamides is 1. The van der Waals surface area contributed by atoms with E-state index in [0.29, 0.717) is 12.2 Å². The maximum Gasteiger partial charge on any atom is 0.271 e. The van der Waals surface area contributed by atoms with E-state index in [9.17, 15) is 23.3 Å². The number of nitrogens with one attached hydrogen (secondary N) is 2. The molecule has 1 atom stereocenters. The number of nitro benzene ring substituents is 1. The van der Waals surface area contributed by atoms with E-state index in [1.54, 1.807) is 6.92 Å². The SMILES string of the molecule is CCC(C)NS(=O)(=O)c1ccc(OCC(=O)Nc2cccc([N+](=O)[O-])c2)cc1. The van der Waals surface area contributed by atoms with Crippen LogP contribution in [0.4, 0.5) is 11.4 Å². The van der Waals surface area contributed by atoms with Crippen molar-refractivity contribution in [2.24, 2.45) is 0 Å². The lowest BCUT2D eigenvalue weighted by atomic mass is 10.3. The van der Waals surface area contributed by atoms with Gasteiger partial charge in [0.25, 0.3) is 11.6 Å². The zero-order valence-electron chi connectivity index (χ0n) is 15.4. The standard InChI is InChI=1S/C18H21N3O6S/c1-3-13(2)20-28(25,26)17-9-7-16(8-10-17)27-12-18(22)19-14-5-4-6-15(11-14)21(23)24/h4-11,13,20H,3,12H2,1-2H3,(H,19,22). The van der Waals surface area contributed by atoms with Crippen LogP contribution in [0.15, 0.2) is 53.4 Å². The third-order valence-corrected chi connectivity index (χ3v) is 5.42. The molecule has 0 aliphatic carbocycles. The molecule has 28 heavy (non-hydrogen) atoms. The number of carbonyl (C=O) groups excluding carboxylic acids is 1. The van der Waals surface area contributed by atoms with E-state index in [4.69, 9.17) is 4.74 Å². The summed E-state index contributed by atoms with van der Waals surface area (Å²) in [4.78, 5) is 22.2. The van der Waals surface area contributed by atoms with Crippen molar-refractivity contribution in [3.05, 3.63) is 58.6 Å². The first-order valence-electron chi connectivity index (χ1n) is 8.50. The molecule has 0 heterocycles. The van der Waals surface area contributed by atoms with Crippen molar-refractivity contribution in [3.8, 4) is 5.75 Å². The zero-order valence-corrected chi connectivity index (χ0v) is 16.2. The van der Waals surface area contributed by atoms with Crippen LogP contribution in [0, 0.1) is 10.1 Å². The molecule has 0 fully saturated rings. The number of non-ortho nitro benzene ring substituents is 1. The Bertz CT molecular complexity index is 944. The van der Waals surface area contributed by atoms with Gasteiger partial charge in [-0.25, -0.2) is 13.1 Å². The molecule has 0 aliphatic heterocycles. The van der Waals surface area contributed by atoms with E-state index in [0.717, 1.165) is 0 Å². The lowest BCUT2D eigenvalue weighted by molar-refractivity contribution is -0.384. The summed E-state index contributed by atoms with van der Waals surface area (Å²) in [5, 5.41) is 13.2. The number of amides is 1. The second kappa shape index (κ2) is 9.29. The van der Waals surface area contributed by atoms with Crippen molar-refractivity contribution in [1.82, 2.24) is 4.72 Å². The molecule has 1 amide bonds. The summed E-state index contributed by atoms with van der Waals surface area (Å²) in [6, 6.07) is 11.0. The number of ether oxygens (including phenoxy) is 1. The minimum Gasteiger partial charge on any atom is -0.484 e. The van der Waals surface area contributed by atoms with Crippen LogP contribution in [-0.2, 0) is 14.8 Å². The van der Waals surface area contributed by atoms with E-state index < -0.39 is 20.9 Å². The van der Waals surface area contributed by atoms with Gasteiger partial charge in [-0.3, -0.25) is 14.9 Å². The van der Waals surface area contributed by atoms with Gasteiger partial charge in [-0.15, -0.1) is 0 Å². The highest BCUT2D eigenvalue weighted by atomic mass is 32.2. The van der Waals surface area contributed by atoms with E-state index in [-0.39, 0.29) is 28.9 Å². The van der Waals surface area contributed by atoms with Crippen LogP contribution >= 0.6 is 0 Å². The summed E-state index contributed by atoms with van der Waals surface area (Å²) >= 11 is 0. The topological polar surface area (TPSA) is 128 Å². The van der Waals surface area contributed by atoms with Crippen LogP contribution in [0.3, 0.4) is 0 Å². The highest BCUT2D eigenvalue weighted by molar-refractivity contribution is 7.89. The molecule has 0 aromatic heterocycles. The van der Waals surface area contributed by atoms with Crippen molar-refractivity contribution in [2.75, 3.05) is 11.9 Å². The van der Waals surface area contributed by atoms with Crippen molar-refractivity contribution in [1.29, 1.82) is 0 Å². The molecule has 0 saturated heterocycles. The predicted molar refractivity (Wildman–Crippen MR) is 104 cm³/mol. The molecular formula is C18H21N3O6S. The Morgan fingerprint density at radius 2 is 1.89 bits per heavy atom. The van der Waals surface area contributed by atoms with Gasteiger partial charge in [-0.1, -0.05) is 13.0 Å². The Morgan fingerprint density at radius 3 is 2.50 bits per heavy atom. The fourth-order valence-electron chi connectivity index (χ4n) is 2.17. The fraction of sp³-hybridized carbons (Fsp3) is 0.278. The first-order valence-corrected chi connectivity index (χ1v) is 9.99. The van der Waals surface area contributed by atoms with Crippen LogP contribution < -0.4 is 14.8 Å². The van der Waals surface area contributed by atoms with Gasteiger partial charge in [0.15, 0.2) is 6.61 Å². The first-order chi connectivity index (χ1) is 13.2. The average Bonchev–Trinajstić information content (AvgIpc) is 2.66. The number of nitro groups is 1. The number of benzene rings is 2. The molecule has 2 aromatic carbocycles. The fourth-order valence-corrected chi connectivity index (χ4v) is 3.50. The summed E-state index contributed by atoms with van der Waals surface area (Å²) < 4.78 is 32.3. The first kappa shape index (κ1) is 21.3. The molecule has 0 aliphatic rings. The van der Waals surface area contributed by atoms with E-state index in [1.807, 2.05) is 6.92 Å². The Labute approximate surface area is 162 Å². The number of carbonyl (C=O) groups is 1. The summed E-state index contributed by atoms with van der Waals surface area (Å²) in [5.41, 5.74) is 0.141. The van der Waals surface area contributed by atoms with Crippen molar-refractivity contribution >= 4 is 27.3 Å². The third kappa shape index (κ3) is 6.03. The summed E-state index contributed by atoms with van der Waals surface area (Å²) in [7, 11) is -3.61. The number of rotatable bonds is 9. The molecule has 2 N–H and O–H groups in total. The van der Waals surface area contributed by atoms with Crippen molar-refractivity contribution in [2.45, 2.75) is 31.2 Å². The third-order valence-electron chi connectivity index (χ3n) is 3.81. The summed E-state index contributed by atoms with van der Waals surface area (Å²) in [6.07, 6.45) is 0.667. The monoisotopic (exact) mass is 407 g/mol. The van der Waals surface area contributed by atoms with Crippen LogP contribution in [0.2, 0.25) is 0 Å². The molecule has 9 nitrogen and oxygen atoms in total. The highest BCUT2D eigenvalue weighted by Crippen LogP contribution is 2.18. The number of nitrogens with zero attached hydrogens (tertiary/aromatic N) is 1. The molecule has 0 spiro atoms. The van der Waals surface area contributed by atoms with E-state index >= 15 is 0 Å². The lowest BCUT2D eigenvalue weighted by Gasteiger charge is -2.12.